The molecule has 0 radical (unpaired) electrons. The number of anilines is 1. The van der Waals surface area contributed by atoms with Gasteiger partial charge in [-0.05, 0) is 49.4 Å². The molecule has 1 N–H and O–H groups in total. The minimum absolute atomic E-state index is 0.144. The van der Waals surface area contributed by atoms with Crippen molar-refractivity contribution >= 4 is 11.7 Å². The van der Waals surface area contributed by atoms with Crippen LogP contribution in [0.1, 0.15) is 19.7 Å². The summed E-state index contributed by atoms with van der Waals surface area (Å²) in [5, 5.41) is 14.3. The summed E-state index contributed by atoms with van der Waals surface area (Å²) >= 11 is 0. The van der Waals surface area contributed by atoms with Crippen molar-refractivity contribution in [1.82, 2.24) is 25.1 Å². The molecular weight excluding hydrogens is 284 g/mol. The molecule has 8 nitrogen and oxygen atoms in total. The Morgan fingerprint density at radius 3 is 2.64 bits per heavy atom. The Kier molecular flexibility index (Phi) is 4.92. The highest BCUT2D eigenvalue weighted by Crippen LogP contribution is 2.26. The van der Waals surface area contributed by atoms with E-state index in [0.29, 0.717) is 36.0 Å². The molecule has 0 saturated carbocycles. The largest absolute Gasteiger partial charge is 0.494 e. The van der Waals surface area contributed by atoms with E-state index in [9.17, 15) is 4.79 Å². The lowest BCUT2D eigenvalue weighted by Gasteiger charge is -2.19. The van der Waals surface area contributed by atoms with Gasteiger partial charge in [0.05, 0.1) is 7.11 Å². The average molecular weight is 304 g/mol. The van der Waals surface area contributed by atoms with Crippen molar-refractivity contribution in [3.63, 3.8) is 0 Å². The van der Waals surface area contributed by atoms with Crippen molar-refractivity contribution in [3.05, 3.63) is 24.0 Å². The van der Waals surface area contributed by atoms with Crippen LogP contribution in [-0.2, 0) is 0 Å². The first kappa shape index (κ1) is 15.7. The zero-order chi connectivity index (χ0) is 16.1. The lowest BCUT2D eigenvalue weighted by Crippen LogP contribution is -2.34. The first-order valence-electron chi connectivity index (χ1n) is 7.10. The standard InChI is InChI=1S/C14H20N6O2/c1-5-19(6-2)14(21)15-11-7-8-13(22-4)12(9-11)20-10(3)16-17-18-20/h7-9H,5-6H2,1-4H3,(H,15,21). The van der Waals surface area contributed by atoms with Crippen molar-refractivity contribution in [2.75, 3.05) is 25.5 Å². The molecule has 0 fully saturated rings. The molecule has 0 aliphatic carbocycles. The van der Waals surface area contributed by atoms with E-state index in [-0.39, 0.29) is 6.03 Å². The van der Waals surface area contributed by atoms with E-state index >= 15 is 0 Å². The molecule has 0 atom stereocenters. The van der Waals surface area contributed by atoms with Gasteiger partial charge in [-0.1, -0.05) is 0 Å². The number of aryl methyl sites for hydroxylation is 1. The number of amides is 2. The first-order valence-corrected chi connectivity index (χ1v) is 7.10. The fourth-order valence-corrected chi connectivity index (χ4v) is 2.10. The third-order valence-corrected chi connectivity index (χ3v) is 3.33. The highest BCUT2D eigenvalue weighted by molar-refractivity contribution is 5.89. The number of ether oxygens (including phenoxy) is 1. The number of methoxy groups -OCH3 is 1. The smallest absolute Gasteiger partial charge is 0.321 e. The number of nitrogens with one attached hydrogen (secondary N) is 1. The maximum Gasteiger partial charge on any atom is 0.321 e. The molecule has 2 amide bonds. The molecule has 118 valence electrons. The molecule has 0 unspecified atom stereocenters. The number of carbonyl (C=O) groups is 1. The van der Waals surface area contributed by atoms with Gasteiger partial charge in [0.1, 0.15) is 11.4 Å². The van der Waals surface area contributed by atoms with Crippen LogP contribution in [0.4, 0.5) is 10.5 Å². The topological polar surface area (TPSA) is 85.2 Å². The summed E-state index contributed by atoms with van der Waals surface area (Å²) < 4.78 is 6.90. The summed E-state index contributed by atoms with van der Waals surface area (Å²) in [5.74, 6) is 1.25. The van der Waals surface area contributed by atoms with Crippen molar-refractivity contribution in [2.24, 2.45) is 0 Å². The van der Waals surface area contributed by atoms with E-state index in [0.717, 1.165) is 0 Å². The Labute approximate surface area is 129 Å². The molecule has 0 aliphatic heterocycles. The predicted molar refractivity (Wildman–Crippen MR) is 82.4 cm³/mol. The second-order valence-electron chi connectivity index (χ2n) is 4.63. The van der Waals surface area contributed by atoms with Crippen LogP contribution in [0.3, 0.4) is 0 Å². The lowest BCUT2D eigenvalue weighted by molar-refractivity contribution is 0.217. The fourth-order valence-electron chi connectivity index (χ4n) is 2.10. The Balaban J connectivity index is 2.32. The average Bonchev–Trinajstić information content (AvgIpc) is 2.94. The lowest BCUT2D eigenvalue weighted by atomic mass is 10.2. The van der Waals surface area contributed by atoms with Crippen LogP contribution in [0.2, 0.25) is 0 Å². The summed E-state index contributed by atoms with van der Waals surface area (Å²) in [7, 11) is 1.58. The minimum atomic E-state index is -0.144. The third-order valence-electron chi connectivity index (χ3n) is 3.33. The number of hydrogen-bond donors (Lipinski definition) is 1. The molecule has 0 spiro atoms. The predicted octanol–water partition coefficient (Wildman–Crippen LogP) is 1.85. The molecule has 0 bridgehead atoms. The number of rotatable bonds is 5. The van der Waals surface area contributed by atoms with Crippen LogP contribution >= 0.6 is 0 Å². The molecule has 22 heavy (non-hydrogen) atoms. The number of carbonyl (C=O) groups excluding carboxylic acids is 1. The molecule has 1 aromatic carbocycles. The Morgan fingerprint density at radius 2 is 2.09 bits per heavy atom. The van der Waals surface area contributed by atoms with Gasteiger partial charge in [0.25, 0.3) is 0 Å². The molecule has 1 heterocycles. The second-order valence-corrected chi connectivity index (χ2v) is 4.63. The fraction of sp³-hybridized carbons (Fsp3) is 0.429. The van der Waals surface area contributed by atoms with Crippen molar-refractivity contribution in [2.45, 2.75) is 20.8 Å². The Bertz CT molecular complexity index is 651. The first-order chi connectivity index (χ1) is 10.6. The Hall–Kier alpha value is -2.64. The van der Waals surface area contributed by atoms with Crippen LogP contribution in [0.25, 0.3) is 5.69 Å². The highest BCUT2D eigenvalue weighted by atomic mass is 16.5. The van der Waals surface area contributed by atoms with E-state index < -0.39 is 0 Å². The summed E-state index contributed by atoms with van der Waals surface area (Å²) in [4.78, 5) is 13.8. The van der Waals surface area contributed by atoms with Crippen LogP contribution < -0.4 is 10.1 Å². The van der Waals surface area contributed by atoms with Crippen molar-refractivity contribution in [1.29, 1.82) is 0 Å². The van der Waals surface area contributed by atoms with E-state index in [1.165, 1.54) is 0 Å². The van der Waals surface area contributed by atoms with Crippen molar-refractivity contribution in [3.8, 4) is 11.4 Å². The molecule has 8 heteroatoms. The maximum absolute atomic E-state index is 12.1. The minimum Gasteiger partial charge on any atom is -0.494 e. The quantitative estimate of drug-likeness (QED) is 0.911. The maximum atomic E-state index is 12.1. The molecule has 0 saturated heterocycles. The molecule has 2 aromatic rings. The van der Waals surface area contributed by atoms with Gasteiger partial charge in [-0.25, -0.2) is 4.79 Å². The van der Waals surface area contributed by atoms with E-state index in [1.54, 1.807) is 41.8 Å². The highest BCUT2D eigenvalue weighted by Gasteiger charge is 2.14. The van der Waals surface area contributed by atoms with Gasteiger partial charge in [0, 0.05) is 18.8 Å². The number of benzene rings is 1. The van der Waals surface area contributed by atoms with Gasteiger partial charge < -0.3 is 15.0 Å². The van der Waals surface area contributed by atoms with Crippen LogP contribution in [-0.4, -0.2) is 51.3 Å². The number of urea groups is 1. The molecular formula is C14H20N6O2. The Morgan fingerprint density at radius 1 is 1.36 bits per heavy atom. The number of tetrazole rings is 1. The van der Waals surface area contributed by atoms with Gasteiger partial charge in [0.2, 0.25) is 0 Å². The van der Waals surface area contributed by atoms with Gasteiger partial charge in [-0.15, -0.1) is 5.10 Å². The van der Waals surface area contributed by atoms with E-state index in [1.807, 2.05) is 13.8 Å². The summed E-state index contributed by atoms with van der Waals surface area (Å²) in [6.07, 6.45) is 0. The van der Waals surface area contributed by atoms with E-state index in [4.69, 9.17) is 4.74 Å². The van der Waals surface area contributed by atoms with Crippen molar-refractivity contribution < 1.29 is 9.53 Å². The molecule has 1 aromatic heterocycles. The van der Waals surface area contributed by atoms with E-state index in [2.05, 4.69) is 20.8 Å². The molecule has 2 rings (SSSR count). The van der Waals surface area contributed by atoms with Crippen LogP contribution in [0.5, 0.6) is 5.75 Å². The zero-order valence-electron chi connectivity index (χ0n) is 13.2. The normalized spacial score (nSPS) is 10.4. The SMILES string of the molecule is CCN(CC)C(=O)Nc1ccc(OC)c(-n2nnnc2C)c1. The third kappa shape index (κ3) is 3.16. The van der Waals surface area contributed by atoms with Crippen LogP contribution in [0, 0.1) is 6.92 Å². The molecule has 0 aliphatic rings. The summed E-state index contributed by atoms with van der Waals surface area (Å²) in [6.45, 7) is 6.97. The summed E-state index contributed by atoms with van der Waals surface area (Å²) in [6, 6.07) is 5.19. The second kappa shape index (κ2) is 6.88. The van der Waals surface area contributed by atoms with Gasteiger partial charge >= 0.3 is 6.03 Å². The monoisotopic (exact) mass is 304 g/mol. The number of aromatic nitrogens is 4. The van der Waals surface area contributed by atoms with Gasteiger partial charge in [-0.3, -0.25) is 0 Å². The zero-order valence-corrected chi connectivity index (χ0v) is 13.2. The number of nitrogens with zero attached hydrogens (tertiary/aromatic N) is 5. The number of hydrogen-bond acceptors (Lipinski definition) is 5. The van der Waals surface area contributed by atoms with Crippen LogP contribution in [0.15, 0.2) is 18.2 Å². The van der Waals surface area contributed by atoms with Gasteiger partial charge in [-0.2, -0.15) is 4.68 Å². The van der Waals surface area contributed by atoms with Gasteiger partial charge in [0.15, 0.2) is 5.82 Å². The summed E-state index contributed by atoms with van der Waals surface area (Å²) in [5.41, 5.74) is 1.32.